The summed E-state index contributed by atoms with van der Waals surface area (Å²) in [5.41, 5.74) is -0.280. The molecule has 10 heteroatoms. The predicted octanol–water partition coefficient (Wildman–Crippen LogP) is 4.28. The molecule has 0 radical (unpaired) electrons. The van der Waals surface area contributed by atoms with Crippen LogP contribution in [0.15, 0.2) is 59.4 Å². The van der Waals surface area contributed by atoms with Crippen molar-refractivity contribution < 1.29 is 28.2 Å². The zero-order valence-corrected chi connectivity index (χ0v) is 16.3. The fourth-order valence-corrected chi connectivity index (χ4v) is 2.85. The Morgan fingerprint density at radius 3 is 2.32 bits per heavy atom. The Morgan fingerprint density at radius 1 is 1.06 bits per heavy atom. The minimum atomic E-state index is -1.59. The SMILES string of the molecule is CCC(=Nc1ccc(Cn2ccnn2)cc1)C(C(=O)O)=C(O)c1cc(F)c(F)cc1F. The fourth-order valence-electron chi connectivity index (χ4n) is 2.85. The Balaban J connectivity index is 1.99. The number of carbonyl (C=O) groups is 1. The third kappa shape index (κ3) is 4.97. The van der Waals surface area contributed by atoms with Crippen molar-refractivity contribution in [2.45, 2.75) is 19.9 Å². The summed E-state index contributed by atoms with van der Waals surface area (Å²) < 4.78 is 42.4. The van der Waals surface area contributed by atoms with Gasteiger partial charge in [-0.2, -0.15) is 0 Å². The number of benzene rings is 2. The summed E-state index contributed by atoms with van der Waals surface area (Å²) in [6.45, 7) is 2.07. The van der Waals surface area contributed by atoms with Gasteiger partial charge in [-0.05, 0) is 30.2 Å². The lowest BCUT2D eigenvalue weighted by Gasteiger charge is -2.11. The standard InChI is InChI=1S/C21H17F3N4O3/c1-2-18(26-13-5-3-12(4-6-13)11-28-8-7-25-27-28)19(21(30)31)20(29)14-9-16(23)17(24)10-15(14)22/h3-10,29H,2,11H2,1H3,(H,30,31). The van der Waals surface area contributed by atoms with Gasteiger partial charge in [-0.15, -0.1) is 5.10 Å². The lowest BCUT2D eigenvalue weighted by molar-refractivity contribution is -0.132. The van der Waals surface area contributed by atoms with E-state index < -0.39 is 40.3 Å². The van der Waals surface area contributed by atoms with E-state index in [1.807, 2.05) is 0 Å². The maximum atomic E-state index is 14.1. The van der Waals surface area contributed by atoms with Crippen LogP contribution >= 0.6 is 0 Å². The number of aliphatic imine (C=N–C) groups is 1. The van der Waals surface area contributed by atoms with Crippen LogP contribution in [-0.2, 0) is 11.3 Å². The van der Waals surface area contributed by atoms with Gasteiger partial charge in [-0.25, -0.2) is 22.6 Å². The molecule has 1 aromatic heterocycles. The predicted molar refractivity (Wildman–Crippen MR) is 106 cm³/mol. The number of nitrogens with zero attached hydrogens (tertiary/aromatic N) is 4. The number of halogens is 3. The molecular formula is C21H17F3N4O3. The number of aromatic nitrogens is 3. The molecule has 0 amide bonds. The molecule has 2 N–H and O–H groups in total. The van der Waals surface area contributed by atoms with Crippen molar-refractivity contribution in [1.29, 1.82) is 0 Å². The van der Waals surface area contributed by atoms with E-state index in [4.69, 9.17) is 0 Å². The van der Waals surface area contributed by atoms with Crippen LogP contribution in [0.3, 0.4) is 0 Å². The largest absolute Gasteiger partial charge is 0.506 e. The van der Waals surface area contributed by atoms with Crippen LogP contribution in [0.25, 0.3) is 5.76 Å². The molecule has 0 aliphatic heterocycles. The third-order valence-electron chi connectivity index (χ3n) is 4.36. The first kappa shape index (κ1) is 21.8. The molecule has 0 saturated heterocycles. The number of hydrogen-bond donors (Lipinski definition) is 2. The van der Waals surface area contributed by atoms with Gasteiger partial charge in [0.2, 0.25) is 0 Å². The number of hydrogen-bond acceptors (Lipinski definition) is 5. The molecule has 0 saturated carbocycles. The molecule has 0 bridgehead atoms. The van der Waals surface area contributed by atoms with Crippen LogP contribution in [0.4, 0.5) is 18.9 Å². The van der Waals surface area contributed by atoms with E-state index in [0.29, 0.717) is 18.3 Å². The van der Waals surface area contributed by atoms with Crippen molar-refractivity contribution in [2.24, 2.45) is 4.99 Å². The van der Waals surface area contributed by atoms with Crippen molar-refractivity contribution in [2.75, 3.05) is 0 Å². The number of carboxylic acid groups (broad SMARTS) is 1. The van der Waals surface area contributed by atoms with Gasteiger partial charge in [-0.1, -0.05) is 24.3 Å². The maximum absolute atomic E-state index is 14.1. The zero-order chi connectivity index (χ0) is 22.5. The number of aliphatic hydroxyl groups excluding tert-OH is 1. The smallest absolute Gasteiger partial charge is 0.341 e. The Kier molecular flexibility index (Phi) is 6.49. The van der Waals surface area contributed by atoms with Gasteiger partial charge in [0.05, 0.1) is 29.7 Å². The van der Waals surface area contributed by atoms with Crippen LogP contribution in [-0.4, -0.2) is 36.9 Å². The molecule has 3 rings (SSSR count). The van der Waals surface area contributed by atoms with Crippen molar-refractivity contribution in [3.8, 4) is 0 Å². The van der Waals surface area contributed by atoms with Crippen molar-refractivity contribution in [1.82, 2.24) is 15.0 Å². The summed E-state index contributed by atoms with van der Waals surface area (Å²) in [6.07, 6.45) is 3.32. The molecule has 0 atom stereocenters. The third-order valence-corrected chi connectivity index (χ3v) is 4.36. The second kappa shape index (κ2) is 9.24. The second-order valence-electron chi connectivity index (χ2n) is 6.45. The molecule has 31 heavy (non-hydrogen) atoms. The molecular weight excluding hydrogens is 413 g/mol. The summed E-state index contributed by atoms with van der Waals surface area (Å²) in [7, 11) is 0. The van der Waals surface area contributed by atoms with E-state index >= 15 is 0 Å². The second-order valence-corrected chi connectivity index (χ2v) is 6.45. The first-order valence-electron chi connectivity index (χ1n) is 9.12. The molecule has 160 valence electrons. The summed E-state index contributed by atoms with van der Waals surface area (Å²) in [5, 5.41) is 27.6. The molecule has 0 fully saturated rings. The van der Waals surface area contributed by atoms with Crippen LogP contribution in [0.2, 0.25) is 0 Å². The number of aliphatic hydroxyl groups is 1. The Labute approximate surface area is 174 Å². The van der Waals surface area contributed by atoms with Gasteiger partial charge in [0.25, 0.3) is 0 Å². The van der Waals surface area contributed by atoms with E-state index in [1.54, 1.807) is 48.3 Å². The first-order valence-corrected chi connectivity index (χ1v) is 9.12. The molecule has 0 aliphatic carbocycles. The van der Waals surface area contributed by atoms with Gasteiger partial charge >= 0.3 is 5.97 Å². The van der Waals surface area contributed by atoms with Gasteiger partial charge in [0.15, 0.2) is 11.6 Å². The van der Waals surface area contributed by atoms with Crippen molar-refractivity contribution in [3.05, 3.63) is 82.9 Å². The molecule has 0 aliphatic rings. The number of aliphatic carboxylic acids is 1. The minimum absolute atomic E-state index is 0.0672. The lowest BCUT2D eigenvalue weighted by Crippen LogP contribution is -2.15. The zero-order valence-electron chi connectivity index (χ0n) is 16.3. The van der Waals surface area contributed by atoms with Gasteiger partial charge < -0.3 is 10.2 Å². The molecule has 0 spiro atoms. The van der Waals surface area contributed by atoms with E-state index in [2.05, 4.69) is 15.3 Å². The highest BCUT2D eigenvalue weighted by atomic mass is 19.2. The van der Waals surface area contributed by atoms with E-state index in [1.165, 1.54) is 0 Å². The van der Waals surface area contributed by atoms with E-state index in [0.717, 1.165) is 5.56 Å². The Hall–Kier alpha value is -3.95. The van der Waals surface area contributed by atoms with E-state index in [9.17, 15) is 28.2 Å². The summed E-state index contributed by atoms with van der Waals surface area (Å²) in [6, 6.07) is 7.42. The lowest BCUT2D eigenvalue weighted by atomic mass is 10.0. The van der Waals surface area contributed by atoms with Crippen molar-refractivity contribution >= 4 is 23.1 Å². The molecule has 1 heterocycles. The number of carboxylic acids is 1. The van der Waals surface area contributed by atoms with Crippen LogP contribution < -0.4 is 0 Å². The molecule has 0 unspecified atom stereocenters. The maximum Gasteiger partial charge on any atom is 0.341 e. The van der Waals surface area contributed by atoms with Gasteiger partial charge in [-0.3, -0.25) is 4.99 Å². The fraction of sp³-hybridized carbons (Fsp3) is 0.143. The minimum Gasteiger partial charge on any atom is -0.506 e. The summed E-state index contributed by atoms with van der Waals surface area (Å²) in [5.74, 6) is -6.83. The molecule has 3 aromatic rings. The average Bonchev–Trinajstić information content (AvgIpc) is 3.24. The summed E-state index contributed by atoms with van der Waals surface area (Å²) in [4.78, 5) is 16.0. The molecule has 2 aromatic carbocycles. The van der Waals surface area contributed by atoms with Crippen LogP contribution in [0.5, 0.6) is 0 Å². The van der Waals surface area contributed by atoms with Crippen LogP contribution in [0.1, 0.15) is 24.5 Å². The monoisotopic (exact) mass is 430 g/mol. The Bertz CT molecular complexity index is 1160. The normalized spacial score (nSPS) is 12.6. The van der Waals surface area contributed by atoms with Gasteiger partial charge in [0.1, 0.15) is 17.1 Å². The highest BCUT2D eigenvalue weighted by molar-refractivity contribution is 6.24. The average molecular weight is 430 g/mol. The Morgan fingerprint density at radius 2 is 1.74 bits per heavy atom. The summed E-state index contributed by atoms with van der Waals surface area (Å²) >= 11 is 0. The molecule has 7 nitrogen and oxygen atoms in total. The topological polar surface area (TPSA) is 101 Å². The van der Waals surface area contributed by atoms with E-state index in [-0.39, 0.29) is 18.2 Å². The van der Waals surface area contributed by atoms with Gasteiger partial charge in [0, 0.05) is 12.3 Å². The first-order chi connectivity index (χ1) is 14.8. The highest BCUT2D eigenvalue weighted by Gasteiger charge is 2.24. The van der Waals surface area contributed by atoms with Crippen LogP contribution in [0, 0.1) is 17.5 Å². The number of rotatable bonds is 7. The highest BCUT2D eigenvalue weighted by Crippen LogP contribution is 2.25. The quantitative estimate of drug-likeness (QED) is 0.252. The van der Waals surface area contributed by atoms with Crippen molar-refractivity contribution in [3.63, 3.8) is 0 Å².